The Morgan fingerprint density at radius 1 is 1.14 bits per heavy atom. The van der Waals surface area contributed by atoms with Crippen LogP contribution in [-0.2, 0) is 22.4 Å². The number of ketones is 1. The highest BCUT2D eigenvalue weighted by molar-refractivity contribution is 8.76. The number of aliphatic imine (C=N–C) groups is 1. The van der Waals surface area contributed by atoms with Crippen molar-refractivity contribution in [2.24, 2.45) is 33.9 Å². The number of nitrogens with zero attached hydrogens (tertiary/aromatic N) is 2. The number of phenolic OH excluding ortho intramolecular Hbond substituents is 1. The van der Waals surface area contributed by atoms with Gasteiger partial charge in [0.1, 0.15) is 23.7 Å². The van der Waals surface area contributed by atoms with Crippen molar-refractivity contribution in [3.63, 3.8) is 0 Å². The second kappa shape index (κ2) is 15.9. The van der Waals surface area contributed by atoms with Crippen LogP contribution in [0.4, 0.5) is 0 Å². The first-order valence-electron chi connectivity index (χ1n) is 22.4. The lowest BCUT2D eigenvalue weighted by Gasteiger charge is -2.46. The molecule has 0 saturated heterocycles. The molecule has 326 valence electrons. The number of hydrogen-bond acceptors (Lipinski definition) is 13. The Bertz CT molecular complexity index is 2570. The summed E-state index contributed by atoms with van der Waals surface area (Å²) in [6.07, 6.45) is 15.8. The Kier molecular flexibility index (Phi) is 10.4. The minimum absolute atomic E-state index is 0.0271. The second-order valence-corrected chi connectivity index (χ2v) is 21.3. The molecule has 0 unspecified atom stereocenters. The van der Waals surface area contributed by atoms with Crippen LogP contribution >= 0.6 is 21.6 Å². The van der Waals surface area contributed by atoms with Crippen LogP contribution in [0.5, 0.6) is 17.2 Å². The third-order valence-corrected chi connectivity index (χ3v) is 17.4. The van der Waals surface area contributed by atoms with Gasteiger partial charge in [-0.2, -0.15) is 0 Å². The van der Waals surface area contributed by atoms with Crippen LogP contribution in [0.15, 0.2) is 71.0 Å². The van der Waals surface area contributed by atoms with Gasteiger partial charge in [-0.05, 0) is 59.4 Å². The molecular formula is C50H52N4O7S2. The Balaban J connectivity index is 1.07. The highest BCUT2D eigenvalue weighted by Crippen LogP contribution is 2.55. The van der Waals surface area contributed by atoms with Crippen molar-refractivity contribution in [3.8, 4) is 41.1 Å². The number of aliphatic hydroxyl groups is 3. The zero-order valence-electron chi connectivity index (χ0n) is 35.2. The number of nitrogens with two attached hydrogens (primary N) is 1. The van der Waals surface area contributed by atoms with Gasteiger partial charge in [-0.25, -0.2) is 0 Å². The molecule has 0 radical (unpaired) electrons. The summed E-state index contributed by atoms with van der Waals surface area (Å²) in [5.74, 6) is 11.1. The van der Waals surface area contributed by atoms with E-state index in [1.807, 2.05) is 31.3 Å². The quantitative estimate of drug-likeness (QED) is 0.112. The number of fused-ring (bicyclic) bond motifs is 1. The van der Waals surface area contributed by atoms with Crippen LogP contribution < -0.4 is 20.5 Å². The molecule has 2 aromatic rings. The molecule has 1 saturated carbocycles. The van der Waals surface area contributed by atoms with Gasteiger partial charge in [0.2, 0.25) is 0 Å². The van der Waals surface area contributed by atoms with E-state index in [2.05, 4.69) is 58.5 Å². The first-order chi connectivity index (χ1) is 30.5. The largest absolute Gasteiger partial charge is 0.508 e. The topological polar surface area (TPSA) is 170 Å². The fourth-order valence-electron chi connectivity index (χ4n) is 11.7. The van der Waals surface area contributed by atoms with Gasteiger partial charge in [-0.15, -0.1) is 0 Å². The van der Waals surface area contributed by atoms with E-state index in [1.165, 1.54) is 0 Å². The maximum absolute atomic E-state index is 13.7. The monoisotopic (exact) mass is 884 g/mol. The van der Waals surface area contributed by atoms with Gasteiger partial charge in [-0.3, -0.25) is 15.1 Å². The van der Waals surface area contributed by atoms with Gasteiger partial charge in [-0.1, -0.05) is 95.6 Å². The molecule has 0 aromatic heterocycles. The molecule has 7 N–H and O–H groups in total. The fourth-order valence-corrected chi connectivity index (χ4v) is 14.3. The highest BCUT2D eigenvalue weighted by atomic mass is 33.1. The minimum Gasteiger partial charge on any atom is -0.508 e. The fraction of sp³-hybridized carbons (Fsp3) is 0.480. The second-order valence-electron chi connectivity index (χ2n) is 18.9. The molecular weight excluding hydrogens is 833 g/mol. The number of aromatic hydroxyl groups is 1. The molecule has 13 heteroatoms. The van der Waals surface area contributed by atoms with Crippen LogP contribution in [0.25, 0.3) is 0 Å². The van der Waals surface area contributed by atoms with Gasteiger partial charge in [0, 0.05) is 83.3 Å². The molecule has 63 heavy (non-hydrogen) atoms. The van der Waals surface area contributed by atoms with E-state index < -0.39 is 47.2 Å². The summed E-state index contributed by atoms with van der Waals surface area (Å²) in [7, 11) is 3.36. The molecule has 2 aromatic carbocycles. The SMILES string of the molecule is C[C@@H]1C=C[C@@H]([C@@H](O)CC(=O)CCc2c(O)cc3c4c2CSSC[C@@]25C=C[C@@H]6C7=CN=C8CN(C=C78)[C@@H](O4)[C@@H](C#C[C@H](O)c4ccc(c2c46)[C@H](N)NC5)C2(C#CO3)CCCC2)[C@H](O)C1. The molecule has 13 rings (SSSR count). The summed E-state index contributed by atoms with van der Waals surface area (Å²) in [4.78, 5) is 20.9. The molecule has 2 spiro atoms. The van der Waals surface area contributed by atoms with Crippen LogP contribution in [0, 0.1) is 47.0 Å². The standard InChI is InChI=1S/C50H52N4O7S2/c1-27-4-6-31(40(57)18-27)41(58)19-28(55)5-7-29-36-24-62-63-26-50-15-12-30-34-21-52-38-23-54(22-35(34)38)48-37(10-11-39(56)32-8-9-33(45(50)44(30)32)47(51)53-25-50)49(13-2-3-14-49)16-17-60-43(20-42(29)59)46(36)61-48/h4,6,8-9,12,15,20-22,27,30-31,37,39-41,47-48,53,56-59H,2-3,5,7,13-14,18-19,23-26,51H2,1H3/t27-,30-,31-,37-,39+,40-,41+,47-,48+,50+/m1/s1. The first kappa shape index (κ1) is 41.3. The average Bonchev–Trinajstić information content (AvgIpc) is 4.01. The lowest BCUT2D eigenvalue weighted by molar-refractivity contribution is -0.122. The van der Waals surface area contributed by atoms with E-state index >= 15 is 0 Å². The van der Waals surface area contributed by atoms with Crippen LogP contribution in [0.1, 0.15) is 103 Å². The van der Waals surface area contributed by atoms with Crippen LogP contribution in [0.3, 0.4) is 0 Å². The molecule has 8 aliphatic heterocycles. The minimum atomic E-state index is -1.11. The van der Waals surface area contributed by atoms with Crippen molar-refractivity contribution in [3.05, 3.63) is 99.4 Å². The maximum atomic E-state index is 13.7. The number of ether oxygens (including phenoxy) is 2. The van der Waals surface area contributed by atoms with Gasteiger partial charge < -0.3 is 40.5 Å². The number of allylic oxidation sites excluding steroid dienone is 3. The molecule has 11 aliphatic rings. The van der Waals surface area contributed by atoms with Gasteiger partial charge >= 0.3 is 0 Å². The maximum Gasteiger partial charge on any atom is 0.187 e. The lowest BCUT2D eigenvalue weighted by Crippen LogP contribution is -2.50. The third kappa shape index (κ3) is 6.89. The Labute approximate surface area is 375 Å². The first-order valence-corrected chi connectivity index (χ1v) is 24.8. The summed E-state index contributed by atoms with van der Waals surface area (Å²) >= 11 is 0. The molecule has 8 heterocycles. The van der Waals surface area contributed by atoms with Crippen LogP contribution in [0.2, 0.25) is 0 Å². The normalized spacial score (nSPS) is 32.9. The van der Waals surface area contributed by atoms with Crippen molar-refractivity contribution in [2.45, 2.75) is 106 Å². The van der Waals surface area contributed by atoms with Crippen molar-refractivity contribution in [1.29, 1.82) is 0 Å². The average molecular weight is 885 g/mol. The Morgan fingerprint density at radius 3 is 2.83 bits per heavy atom. The van der Waals surface area contributed by atoms with Gasteiger partial charge in [0.15, 0.2) is 17.7 Å². The van der Waals surface area contributed by atoms with E-state index in [4.69, 9.17) is 20.2 Å². The van der Waals surface area contributed by atoms with Crippen molar-refractivity contribution >= 4 is 33.1 Å². The number of hydrogen-bond donors (Lipinski definition) is 6. The number of aliphatic hydroxyl groups excluding tert-OH is 3. The predicted octanol–water partition coefficient (Wildman–Crippen LogP) is 6.09. The number of Topliss-reactive ketones (excluding diaryl/α,β-unsaturated/α-hetero) is 1. The number of carbonyl (C=O) groups excluding carboxylic acids is 1. The van der Waals surface area contributed by atoms with Crippen molar-refractivity contribution < 1.29 is 34.7 Å². The molecule has 3 aliphatic carbocycles. The summed E-state index contributed by atoms with van der Waals surface area (Å²) in [5.41, 5.74) is 14.0. The molecule has 1 fully saturated rings. The third-order valence-electron chi connectivity index (χ3n) is 15.0. The number of carbonyl (C=O) groups is 1. The summed E-state index contributed by atoms with van der Waals surface area (Å²) in [6, 6.07) is 5.62. The van der Waals surface area contributed by atoms with E-state index in [1.54, 1.807) is 27.7 Å². The number of rotatable bonds is 6. The van der Waals surface area contributed by atoms with Crippen molar-refractivity contribution in [2.75, 3.05) is 18.8 Å². The zero-order valence-corrected chi connectivity index (χ0v) is 36.8. The highest BCUT2D eigenvalue weighted by Gasteiger charge is 2.51. The number of nitrogens with one attached hydrogen (secondary N) is 1. The number of benzene rings is 2. The van der Waals surface area contributed by atoms with Gasteiger partial charge in [0.25, 0.3) is 0 Å². The zero-order chi connectivity index (χ0) is 43.2. The molecule has 10 atom stereocenters. The summed E-state index contributed by atoms with van der Waals surface area (Å²) in [6.45, 7) is 3.09. The van der Waals surface area contributed by atoms with E-state index in [0.717, 1.165) is 64.8 Å². The molecule has 0 amide bonds. The Morgan fingerprint density at radius 2 is 1.98 bits per heavy atom. The van der Waals surface area contributed by atoms with E-state index in [0.29, 0.717) is 47.9 Å². The smallest absolute Gasteiger partial charge is 0.187 e. The Hall–Kier alpha value is -4.44. The number of phenols is 1. The lowest BCUT2D eigenvalue weighted by atomic mass is 9.64. The predicted molar refractivity (Wildman–Crippen MR) is 243 cm³/mol. The van der Waals surface area contributed by atoms with E-state index in [9.17, 15) is 25.2 Å². The molecule has 11 nitrogen and oxygen atoms in total. The summed E-state index contributed by atoms with van der Waals surface area (Å²) < 4.78 is 13.7. The van der Waals surface area contributed by atoms with Crippen molar-refractivity contribution in [1.82, 2.24) is 10.2 Å². The van der Waals surface area contributed by atoms with Crippen LogP contribution in [-0.4, -0.2) is 74.1 Å². The van der Waals surface area contributed by atoms with E-state index in [-0.39, 0.29) is 54.5 Å². The van der Waals surface area contributed by atoms with Gasteiger partial charge in [0.05, 0.1) is 42.0 Å². The molecule has 10 bridgehead atoms. The summed E-state index contributed by atoms with van der Waals surface area (Å²) in [5, 5.41) is 49.7.